The van der Waals surface area contributed by atoms with Gasteiger partial charge in [-0.2, -0.15) is 13.2 Å². The molecule has 1 N–H and O–H groups in total. The number of benzene rings is 1. The van der Waals surface area contributed by atoms with Gasteiger partial charge in [-0.1, -0.05) is 6.07 Å². The maximum absolute atomic E-state index is 12.5. The van der Waals surface area contributed by atoms with E-state index >= 15 is 0 Å². The molecule has 0 aliphatic carbocycles. The summed E-state index contributed by atoms with van der Waals surface area (Å²) < 4.78 is 76.5. The van der Waals surface area contributed by atoms with Crippen LogP contribution in [0.2, 0.25) is 0 Å². The normalized spacial score (nSPS) is 12.3. The lowest BCUT2D eigenvalue weighted by Crippen LogP contribution is -2.22. The van der Waals surface area contributed by atoms with Crippen molar-refractivity contribution in [3.05, 3.63) is 29.3 Å². The predicted octanol–water partition coefficient (Wildman–Crippen LogP) is 3.30. The van der Waals surface area contributed by atoms with Crippen molar-refractivity contribution >= 4 is 5.97 Å². The zero-order valence-electron chi connectivity index (χ0n) is 8.26. The van der Waals surface area contributed by atoms with Gasteiger partial charge < -0.3 is 9.84 Å². The fourth-order valence-corrected chi connectivity index (χ4v) is 1.21. The van der Waals surface area contributed by atoms with E-state index in [1.54, 1.807) is 0 Å². The molecule has 18 heavy (non-hydrogen) atoms. The molecular formula is C9H4F6O3. The summed E-state index contributed by atoms with van der Waals surface area (Å²) in [5.41, 5.74) is -3.29. The van der Waals surface area contributed by atoms with Crippen molar-refractivity contribution in [2.75, 3.05) is 0 Å². The molecule has 0 aliphatic rings. The van der Waals surface area contributed by atoms with Crippen molar-refractivity contribution in [1.29, 1.82) is 0 Å². The second kappa shape index (κ2) is 4.39. The SMILES string of the molecule is O=C(O)c1cccc(OC(F)(F)F)c1C(F)(F)F. The molecule has 0 saturated carbocycles. The van der Waals surface area contributed by atoms with Gasteiger partial charge in [-0.25, -0.2) is 4.79 Å². The molecule has 100 valence electrons. The number of rotatable bonds is 2. The van der Waals surface area contributed by atoms with Gasteiger partial charge >= 0.3 is 18.5 Å². The molecule has 0 amide bonds. The van der Waals surface area contributed by atoms with E-state index in [9.17, 15) is 31.1 Å². The lowest BCUT2D eigenvalue weighted by molar-refractivity contribution is -0.276. The molecule has 0 aromatic heterocycles. The summed E-state index contributed by atoms with van der Waals surface area (Å²) in [4.78, 5) is 10.5. The first kappa shape index (κ1) is 14.1. The Morgan fingerprint density at radius 3 is 2.06 bits per heavy atom. The first-order valence-electron chi connectivity index (χ1n) is 4.21. The number of halogens is 6. The van der Waals surface area contributed by atoms with Crippen LogP contribution in [0.5, 0.6) is 5.75 Å². The Morgan fingerprint density at radius 1 is 1.11 bits per heavy atom. The molecule has 1 aromatic carbocycles. The number of ether oxygens (including phenoxy) is 1. The maximum Gasteiger partial charge on any atom is 0.573 e. The lowest BCUT2D eigenvalue weighted by Gasteiger charge is -2.16. The number of aromatic carboxylic acids is 1. The lowest BCUT2D eigenvalue weighted by atomic mass is 10.1. The maximum atomic E-state index is 12.5. The topological polar surface area (TPSA) is 46.5 Å². The molecule has 0 unspecified atom stereocenters. The second-order valence-electron chi connectivity index (χ2n) is 3.03. The van der Waals surface area contributed by atoms with Crippen LogP contribution in [0.15, 0.2) is 18.2 Å². The molecule has 0 heterocycles. The molecule has 0 aliphatic heterocycles. The van der Waals surface area contributed by atoms with Crippen molar-refractivity contribution in [3.8, 4) is 5.75 Å². The first-order valence-corrected chi connectivity index (χ1v) is 4.21. The summed E-state index contributed by atoms with van der Waals surface area (Å²) in [6.07, 6.45) is -10.6. The highest BCUT2D eigenvalue weighted by Gasteiger charge is 2.42. The number of carboxylic acid groups (broad SMARTS) is 1. The predicted molar refractivity (Wildman–Crippen MR) is 45.1 cm³/mol. The minimum atomic E-state index is -5.35. The largest absolute Gasteiger partial charge is 0.573 e. The zero-order valence-corrected chi connectivity index (χ0v) is 8.26. The number of alkyl halides is 6. The van der Waals surface area contributed by atoms with E-state index in [-0.39, 0.29) is 0 Å². The fourth-order valence-electron chi connectivity index (χ4n) is 1.21. The smallest absolute Gasteiger partial charge is 0.478 e. The van der Waals surface area contributed by atoms with E-state index in [1.807, 2.05) is 0 Å². The first-order chi connectivity index (χ1) is 8.02. The van der Waals surface area contributed by atoms with Gasteiger partial charge in [0, 0.05) is 0 Å². The van der Waals surface area contributed by atoms with E-state index < -0.39 is 35.4 Å². The molecule has 0 radical (unpaired) electrons. The minimum Gasteiger partial charge on any atom is -0.478 e. The molecule has 0 spiro atoms. The van der Waals surface area contributed by atoms with Crippen LogP contribution in [0.4, 0.5) is 26.3 Å². The van der Waals surface area contributed by atoms with Gasteiger partial charge in [-0.3, -0.25) is 0 Å². The monoisotopic (exact) mass is 274 g/mol. The van der Waals surface area contributed by atoms with Crippen LogP contribution in [-0.2, 0) is 6.18 Å². The minimum absolute atomic E-state index is 0.392. The van der Waals surface area contributed by atoms with Gasteiger partial charge in [0.05, 0.1) is 5.56 Å². The average molecular weight is 274 g/mol. The Labute approximate surface area is 95.6 Å². The van der Waals surface area contributed by atoms with Gasteiger partial charge in [0.2, 0.25) is 0 Å². The Bertz CT molecular complexity index is 462. The summed E-state index contributed by atoms with van der Waals surface area (Å²) >= 11 is 0. The third-order valence-corrected chi connectivity index (χ3v) is 1.77. The standard InChI is InChI=1S/C9H4F6O3/c10-8(11,12)6-4(7(16)17)2-1-3-5(6)18-9(13,14)15/h1-3H,(H,16,17). The molecule has 0 fully saturated rings. The second-order valence-corrected chi connectivity index (χ2v) is 3.03. The van der Waals surface area contributed by atoms with Gasteiger partial charge in [-0.15, -0.1) is 13.2 Å². The van der Waals surface area contributed by atoms with Crippen LogP contribution in [0.25, 0.3) is 0 Å². The third kappa shape index (κ3) is 3.28. The molecule has 0 saturated heterocycles. The fraction of sp³-hybridized carbons (Fsp3) is 0.222. The van der Waals surface area contributed by atoms with Crippen molar-refractivity contribution in [2.45, 2.75) is 12.5 Å². The van der Waals surface area contributed by atoms with Crippen molar-refractivity contribution < 1.29 is 41.0 Å². The van der Waals surface area contributed by atoms with Crippen LogP contribution in [0.1, 0.15) is 15.9 Å². The van der Waals surface area contributed by atoms with Crippen molar-refractivity contribution in [1.82, 2.24) is 0 Å². The van der Waals surface area contributed by atoms with Gasteiger partial charge in [-0.05, 0) is 12.1 Å². The van der Waals surface area contributed by atoms with E-state index in [1.165, 1.54) is 0 Å². The highest BCUT2D eigenvalue weighted by atomic mass is 19.4. The average Bonchev–Trinajstić information content (AvgIpc) is 2.12. The van der Waals surface area contributed by atoms with Gasteiger partial charge in [0.15, 0.2) is 0 Å². The molecule has 3 nitrogen and oxygen atoms in total. The molecule has 0 bridgehead atoms. The highest BCUT2D eigenvalue weighted by molar-refractivity contribution is 5.90. The van der Waals surface area contributed by atoms with Crippen LogP contribution >= 0.6 is 0 Å². The number of carboxylic acids is 1. The number of hydrogen-bond donors (Lipinski definition) is 1. The molecular weight excluding hydrogens is 270 g/mol. The summed E-state index contributed by atoms with van der Waals surface area (Å²) in [6.45, 7) is 0. The quantitative estimate of drug-likeness (QED) is 0.841. The van der Waals surface area contributed by atoms with Gasteiger partial charge in [0.1, 0.15) is 11.3 Å². The van der Waals surface area contributed by atoms with Crippen molar-refractivity contribution in [3.63, 3.8) is 0 Å². The Hall–Kier alpha value is -1.93. The zero-order chi connectivity index (χ0) is 14.1. The van der Waals surface area contributed by atoms with E-state index in [2.05, 4.69) is 4.74 Å². The number of carbonyl (C=O) groups is 1. The summed E-state index contributed by atoms with van der Waals surface area (Å²) in [6, 6.07) is 1.65. The van der Waals surface area contributed by atoms with E-state index in [4.69, 9.17) is 5.11 Å². The summed E-state index contributed by atoms with van der Waals surface area (Å²) in [7, 11) is 0. The van der Waals surface area contributed by atoms with Crippen LogP contribution in [-0.4, -0.2) is 17.4 Å². The van der Waals surface area contributed by atoms with Crippen molar-refractivity contribution in [2.24, 2.45) is 0 Å². The Balaban J connectivity index is 3.43. The van der Waals surface area contributed by atoms with Crippen LogP contribution in [0, 0.1) is 0 Å². The molecule has 1 aromatic rings. The van der Waals surface area contributed by atoms with E-state index in [0.717, 1.165) is 6.07 Å². The van der Waals surface area contributed by atoms with Crippen LogP contribution < -0.4 is 4.74 Å². The number of hydrogen-bond acceptors (Lipinski definition) is 2. The Morgan fingerprint density at radius 2 is 1.67 bits per heavy atom. The third-order valence-electron chi connectivity index (χ3n) is 1.77. The highest BCUT2D eigenvalue weighted by Crippen LogP contribution is 2.40. The van der Waals surface area contributed by atoms with E-state index in [0.29, 0.717) is 12.1 Å². The molecule has 0 atom stereocenters. The summed E-state index contributed by atoms with van der Waals surface area (Å²) in [5, 5.41) is 8.51. The van der Waals surface area contributed by atoms with Crippen LogP contribution in [0.3, 0.4) is 0 Å². The van der Waals surface area contributed by atoms with Gasteiger partial charge in [0.25, 0.3) is 0 Å². The summed E-state index contributed by atoms with van der Waals surface area (Å²) in [5.74, 6) is -3.61. The Kier molecular flexibility index (Phi) is 3.45. The molecule has 1 rings (SSSR count). The molecule has 9 heteroatoms.